The van der Waals surface area contributed by atoms with E-state index in [1.165, 1.54) is 13.2 Å². The number of aryl methyl sites for hydroxylation is 1. The van der Waals surface area contributed by atoms with Gasteiger partial charge < -0.3 is 15.6 Å². The van der Waals surface area contributed by atoms with Crippen molar-refractivity contribution in [3.63, 3.8) is 0 Å². The highest BCUT2D eigenvalue weighted by Gasteiger charge is 2.18. The lowest BCUT2D eigenvalue weighted by molar-refractivity contribution is 0.0594. The molecule has 0 saturated carbocycles. The number of ketones is 1. The van der Waals surface area contributed by atoms with E-state index < -0.39 is 12.0 Å². The predicted octanol–water partition coefficient (Wildman–Crippen LogP) is 2.87. The first-order valence-electron chi connectivity index (χ1n) is 8.56. The molecule has 27 heavy (non-hydrogen) atoms. The van der Waals surface area contributed by atoms with Crippen molar-refractivity contribution in [1.82, 2.24) is 4.98 Å². The van der Waals surface area contributed by atoms with E-state index in [-0.39, 0.29) is 17.2 Å². The highest BCUT2D eigenvalue weighted by atomic mass is 16.5. The van der Waals surface area contributed by atoms with Crippen LogP contribution in [0.15, 0.2) is 54.6 Å². The minimum Gasteiger partial charge on any atom is -0.506 e. The van der Waals surface area contributed by atoms with Gasteiger partial charge in [-0.2, -0.15) is 0 Å². The maximum atomic E-state index is 12.5. The number of carbonyl (C=O) groups excluding carboxylic acids is 2. The molecule has 0 aliphatic heterocycles. The van der Waals surface area contributed by atoms with Crippen LogP contribution in [0.3, 0.4) is 0 Å². The molecule has 0 radical (unpaired) electrons. The summed E-state index contributed by atoms with van der Waals surface area (Å²) in [5.74, 6) is -0.750. The van der Waals surface area contributed by atoms with Crippen molar-refractivity contribution >= 4 is 22.7 Å². The van der Waals surface area contributed by atoms with Crippen molar-refractivity contribution in [2.75, 3.05) is 7.11 Å². The molecule has 138 valence electrons. The molecule has 0 amide bonds. The molecule has 0 bridgehead atoms. The minimum absolute atomic E-state index is 0.0239. The highest BCUT2D eigenvalue weighted by Crippen LogP contribution is 2.27. The normalized spacial score (nSPS) is 11.9. The second kappa shape index (κ2) is 7.97. The van der Waals surface area contributed by atoms with Crippen LogP contribution in [0.5, 0.6) is 5.75 Å². The summed E-state index contributed by atoms with van der Waals surface area (Å²) in [5.41, 5.74) is 7.85. The fourth-order valence-corrected chi connectivity index (χ4v) is 2.98. The molecule has 0 aliphatic carbocycles. The van der Waals surface area contributed by atoms with Gasteiger partial charge >= 0.3 is 5.97 Å². The van der Waals surface area contributed by atoms with Crippen LogP contribution in [0, 0.1) is 0 Å². The van der Waals surface area contributed by atoms with E-state index in [0.717, 1.165) is 5.56 Å². The Bertz CT molecular complexity index is 986. The number of pyridine rings is 1. The number of nitrogens with two attached hydrogens (primary N) is 1. The molecular weight excluding hydrogens is 344 g/mol. The molecule has 3 rings (SSSR count). The number of hydrogen-bond acceptors (Lipinski definition) is 6. The minimum atomic E-state index is -0.672. The zero-order valence-corrected chi connectivity index (χ0v) is 14.9. The standard InChI is InChI=1S/C21H20N2O4/c1-27-21(26)17-12-14(15-8-5-9-18(24)19(15)23-17)10-11-16(22)20(25)13-6-3-2-4-7-13/h2-9,12,16,24H,10-11,22H2,1H3. The van der Waals surface area contributed by atoms with E-state index in [9.17, 15) is 14.7 Å². The highest BCUT2D eigenvalue weighted by molar-refractivity contribution is 6.00. The van der Waals surface area contributed by atoms with Crippen molar-refractivity contribution in [2.45, 2.75) is 18.9 Å². The maximum absolute atomic E-state index is 12.5. The third-order valence-corrected chi connectivity index (χ3v) is 4.42. The Labute approximate surface area is 156 Å². The zero-order valence-electron chi connectivity index (χ0n) is 14.9. The molecule has 1 aromatic heterocycles. The summed E-state index contributed by atoms with van der Waals surface area (Å²) in [5, 5.41) is 10.8. The lowest BCUT2D eigenvalue weighted by atomic mass is 9.96. The number of para-hydroxylation sites is 1. The molecule has 3 N–H and O–H groups in total. The Morgan fingerprint density at radius 1 is 1.15 bits per heavy atom. The maximum Gasteiger partial charge on any atom is 0.356 e. The van der Waals surface area contributed by atoms with Crippen LogP contribution in [0.2, 0.25) is 0 Å². The number of rotatable bonds is 6. The van der Waals surface area contributed by atoms with Crippen molar-refractivity contribution in [3.05, 3.63) is 71.4 Å². The number of hydrogen-bond donors (Lipinski definition) is 2. The Kier molecular flexibility index (Phi) is 5.47. The third-order valence-electron chi connectivity index (χ3n) is 4.42. The number of aromatic nitrogens is 1. The Morgan fingerprint density at radius 3 is 2.59 bits per heavy atom. The first-order valence-corrected chi connectivity index (χ1v) is 8.56. The van der Waals surface area contributed by atoms with Gasteiger partial charge in [-0.25, -0.2) is 9.78 Å². The molecular formula is C21H20N2O4. The number of esters is 1. The lowest BCUT2D eigenvalue weighted by Crippen LogP contribution is -2.31. The molecule has 6 heteroatoms. The van der Waals surface area contributed by atoms with E-state index in [1.54, 1.807) is 36.4 Å². The smallest absolute Gasteiger partial charge is 0.356 e. The summed E-state index contributed by atoms with van der Waals surface area (Å²) in [6.07, 6.45) is 0.843. The fraction of sp³-hybridized carbons (Fsp3) is 0.190. The van der Waals surface area contributed by atoms with Gasteiger partial charge in [0.05, 0.1) is 13.2 Å². The summed E-state index contributed by atoms with van der Waals surface area (Å²) >= 11 is 0. The van der Waals surface area contributed by atoms with E-state index in [0.29, 0.717) is 29.3 Å². The second-order valence-corrected chi connectivity index (χ2v) is 6.21. The van der Waals surface area contributed by atoms with Gasteiger partial charge in [-0.05, 0) is 30.5 Å². The number of benzene rings is 2. The van der Waals surface area contributed by atoms with Crippen LogP contribution >= 0.6 is 0 Å². The summed E-state index contributed by atoms with van der Waals surface area (Å²) in [6, 6.07) is 14.9. The SMILES string of the molecule is COC(=O)c1cc(CCC(N)C(=O)c2ccccc2)c2cccc(O)c2n1. The molecule has 2 aromatic carbocycles. The van der Waals surface area contributed by atoms with Crippen molar-refractivity contribution in [2.24, 2.45) is 5.73 Å². The van der Waals surface area contributed by atoms with Crippen LogP contribution in [-0.2, 0) is 11.2 Å². The van der Waals surface area contributed by atoms with Gasteiger partial charge in [0.2, 0.25) is 0 Å². The topological polar surface area (TPSA) is 103 Å². The Morgan fingerprint density at radius 2 is 1.89 bits per heavy atom. The number of fused-ring (bicyclic) bond motifs is 1. The van der Waals surface area contributed by atoms with Crippen molar-refractivity contribution < 1.29 is 19.4 Å². The van der Waals surface area contributed by atoms with Gasteiger partial charge in [0.25, 0.3) is 0 Å². The van der Waals surface area contributed by atoms with Crippen molar-refractivity contribution in [1.29, 1.82) is 0 Å². The van der Waals surface area contributed by atoms with Crippen LogP contribution in [0.4, 0.5) is 0 Å². The van der Waals surface area contributed by atoms with Crippen LogP contribution in [0.1, 0.15) is 32.8 Å². The summed E-state index contributed by atoms with van der Waals surface area (Å²) in [4.78, 5) is 28.6. The first kappa shape index (κ1) is 18.5. The zero-order chi connectivity index (χ0) is 19.4. The number of phenols is 1. The lowest BCUT2D eigenvalue weighted by Gasteiger charge is -2.13. The van der Waals surface area contributed by atoms with E-state index in [4.69, 9.17) is 10.5 Å². The van der Waals surface area contributed by atoms with Crippen LogP contribution in [-0.4, -0.2) is 35.0 Å². The molecule has 1 unspecified atom stereocenters. The average molecular weight is 364 g/mol. The van der Waals surface area contributed by atoms with Gasteiger partial charge in [0, 0.05) is 10.9 Å². The number of ether oxygens (including phenoxy) is 1. The third kappa shape index (κ3) is 3.96. The summed E-state index contributed by atoms with van der Waals surface area (Å²) in [7, 11) is 1.27. The summed E-state index contributed by atoms with van der Waals surface area (Å²) in [6.45, 7) is 0. The monoisotopic (exact) mass is 364 g/mol. The Balaban J connectivity index is 1.88. The van der Waals surface area contributed by atoms with Gasteiger partial charge in [-0.3, -0.25) is 4.79 Å². The number of carbonyl (C=O) groups is 2. The fourth-order valence-electron chi connectivity index (χ4n) is 2.98. The van der Waals surface area contributed by atoms with Gasteiger partial charge in [0.1, 0.15) is 17.0 Å². The van der Waals surface area contributed by atoms with Crippen LogP contribution < -0.4 is 5.73 Å². The molecule has 0 aliphatic rings. The number of nitrogens with zero attached hydrogens (tertiary/aromatic N) is 1. The molecule has 1 atom stereocenters. The average Bonchev–Trinajstić information content (AvgIpc) is 2.71. The summed E-state index contributed by atoms with van der Waals surface area (Å²) < 4.78 is 4.74. The van der Waals surface area contributed by atoms with Gasteiger partial charge in [-0.1, -0.05) is 42.5 Å². The molecule has 6 nitrogen and oxygen atoms in total. The van der Waals surface area contributed by atoms with Crippen LogP contribution in [0.25, 0.3) is 10.9 Å². The number of methoxy groups -OCH3 is 1. The molecule has 0 fully saturated rings. The molecule has 3 aromatic rings. The van der Waals surface area contributed by atoms with Gasteiger partial charge in [0.15, 0.2) is 5.78 Å². The number of phenolic OH excluding ortho intramolecular Hbond substituents is 1. The van der Waals surface area contributed by atoms with E-state index >= 15 is 0 Å². The van der Waals surface area contributed by atoms with Gasteiger partial charge in [-0.15, -0.1) is 0 Å². The Hall–Kier alpha value is -3.25. The largest absolute Gasteiger partial charge is 0.506 e. The quantitative estimate of drug-likeness (QED) is 0.515. The van der Waals surface area contributed by atoms with Crippen molar-refractivity contribution in [3.8, 4) is 5.75 Å². The molecule has 0 saturated heterocycles. The molecule has 0 spiro atoms. The molecule has 1 heterocycles. The van der Waals surface area contributed by atoms with E-state index in [2.05, 4.69) is 4.98 Å². The number of aromatic hydroxyl groups is 1. The van der Waals surface area contributed by atoms with E-state index in [1.807, 2.05) is 12.1 Å². The first-order chi connectivity index (χ1) is 13.0. The number of Topliss-reactive ketones (excluding diaryl/α,β-unsaturated/α-hetero) is 1. The predicted molar refractivity (Wildman–Crippen MR) is 102 cm³/mol. The second-order valence-electron chi connectivity index (χ2n) is 6.21.